The number of carbonyl (C=O) groups excluding carboxylic acids is 3. The summed E-state index contributed by atoms with van der Waals surface area (Å²) in [6.07, 6.45) is 0.427. The van der Waals surface area contributed by atoms with Gasteiger partial charge in [-0.15, -0.1) is 0 Å². The summed E-state index contributed by atoms with van der Waals surface area (Å²) in [7, 11) is 0. The molecule has 2 N–H and O–H groups in total. The highest BCUT2D eigenvalue weighted by Gasteiger charge is 2.12. The van der Waals surface area contributed by atoms with E-state index in [-0.39, 0.29) is 25.2 Å². The van der Waals surface area contributed by atoms with Gasteiger partial charge in [0.1, 0.15) is 11.5 Å². The lowest BCUT2D eigenvalue weighted by molar-refractivity contribution is -0.147. The summed E-state index contributed by atoms with van der Waals surface area (Å²) in [6.45, 7) is 3.39. The third-order valence-electron chi connectivity index (χ3n) is 5.19. The molecule has 0 spiro atoms. The maximum absolute atomic E-state index is 12.2. The molecule has 0 unspecified atom stereocenters. The molecule has 0 aromatic heterocycles. The standard InChI is InChI=1S/C27H25BrCl2N2O5/c1-16-13-23(17(2)12-21(16)28)32-26(34)15-36-27(35)5-3-4-25(33)31-19-7-9-20(10-8-19)37-24-11-6-18(29)14-22(24)30/h6-14H,3-5,15H2,1-2H3,(H,31,33)(H,32,34). The van der Waals surface area contributed by atoms with Crippen molar-refractivity contribution in [1.29, 1.82) is 0 Å². The van der Waals surface area contributed by atoms with Gasteiger partial charge in [0.25, 0.3) is 5.91 Å². The van der Waals surface area contributed by atoms with Crippen LogP contribution in [0.1, 0.15) is 30.4 Å². The van der Waals surface area contributed by atoms with E-state index < -0.39 is 18.5 Å². The lowest BCUT2D eigenvalue weighted by atomic mass is 10.1. The molecule has 0 fully saturated rings. The topological polar surface area (TPSA) is 93.7 Å². The molecule has 10 heteroatoms. The molecule has 0 atom stereocenters. The number of hydrogen-bond acceptors (Lipinski definition) is 5. The molecule has 0 radical (unpaired) electrons. The number of esters is 1. The third kappa shape index (κ3) is 9.07. The van der Waals surface area contributed by atoms with E-state index in [4.69, 9.17) is 32.7 Å². The highest BCUT2D eigenvalue weighted by Crippen LogP contribution is 2.32. The highest BCUT2D eigenvalue weighted by atomic mass is 79.9. The third-order valence-corrected chi connectivity index (χ3v) is 6.57. The van der Waals surface area contributed by atoms with E-state index in [0.717, 1.165) is 15.6 Å². The van der Waals surface area contributed by atoms with Gasteiger partial charge < -0.3 is 20.1 Å². The molecule has 0 heterocycles. The Bertz CT molecular complexity index is 1300. The van der Waals surface area contributed by atoms with Crippen LogP contribution in [0.2, 0.25) is 10.0 Å². The first-order valence-electron chi connectivity index (χ1n) is 11.4. The Morgan fingerprint density at radius 2 is 1.59 bits per heavy atom. The van der Waals surface area contributed by atoms with E-state index in [2.05, 4.69) is 26.6 Å². The van der Waals surface area contributed by atoms with Gasteiger partial charge in [0.05, 0.1) is 5.02 Å². The normalized spacial score (nSPS) is 10.5. The fourth-order valence-electron chi connectivity index (χ4n) is 3.23. The van der Waals surface area contributed by atoms with Crippen molar-refractivity contribution in [3.63, 3.8) is 0 Å². The van der Waals surface area contributed by atoms with Crippen LogP contribution in [0.3, 0.4) is 0 Å². The van der Waals surface area contributed by atoms with Crippen molar-refractivity contribution in [2.75, 3.05) is 17.2 Å². The van der Waals surface area contributed by atoms with Crippen molar-refractivity contribution in [2.45, 2.75) is 33.1 Å². The summed E-state index contributed by atoms with van der Waals surface area (Å²) in [5.74, 6) is -0.220. The minimum Gasteiger partial charge on any atom is -0.456 e. The van der Waals surface area contributed by atoms with Gasteiger partial charge in [0.2, 0.25) is 5.91 Å². The molecule has 3 aromatic rings. The number of carbonyl (C=O) groups is 3. The molecule has 194 valence electrons. The Morgan fingerprint density at radius 1 is 0.865 bits per heavy atom. The minimum atomic E-state index is -0.547. The lowest BCUT2D eigenvalue weighted by Gasteiger charge is -2.11. The number of benzene rings is 3. The molecule has 0 aliphatic heterocycles. The quantitative estimate of drug-likeness (QED) is 0.233. The zero-order valence-corrected chi connectivity index (χ0v) is 23.3. The van der Waals surface area contributed by atoms with Crippen molar-refractivity contribution < 1.29 is 23.9 Å². The van der Waals surface area contributed by atoms with Gasteiger partial charge in [-0.3, -0.25) is 14.4 Å². The summed E-state index contributed by atoms with van der Waals surface area (Å²) >= 11 is 15.4. The van der Waals surface area contributed by atoms with Gasteiger partial charge in [-0.25, -0.2) is 0 Å². The van der Waals surface area contributed by atoms with Crippen LogP contribution in [0, 0.1) is 13.8 Å². The summed E-state index contributed by atoms with van der Waals surface area (Å²) in [6, 6.07) is 15.4. The van der Waals surface area contributed by atoms with Crippen LogP contribution < -0.4 is 15.4 Å². The van der Waals surface area contributed by atoms with E-state index in [0.29, 0.717) is 32.9 Å². The molecule has 0 aliphatic carbocycles. The molecule has 0 saturated carbocycles. The Hall–Kier alpha value is -3.07. The monoisotopic (exact) mass is 606 g/mol. The molecule has 3 aromatic carbocycles. The summed E-state index contributed by atoms with van der Waals surface area (Å²) in [5.41, 5.74) is 3.10. The number of nitrogens with one attached hydrogen (secondary N) is 2. The maximum atomic E-state index is 12.2. The predicted octanol–water partition coefficient (Wildman–Crippen LogP) is 7.46. The zero-order chi connectivity index (χ0) is 26.9. The van der Waals surface area contributed by atoms with Gasteiger partial charge in [-0.2, -0.15) is 0 Å². The van der Waals surface area contributed by atoms with E-state index in [1.807, 2.05) is 26.0 Å². The molecule has 37 heavy (non-hydrogen) atoms. The number of anilines is 2. The fraction of sp³-hybridized carbons (Fsp3) is 0.222. The SMILES string of the molecule is Cc1cc(NC(=O)COC(=O)CCCC(=O)Nc2ccc(Oc3ccc(Cl)cc3Cl)cc2)c(C)cc1Br. The van der Waals surface area contributed by atoms with E-state index in [1.54, 1.807) is 42.5 Å². The molecule has 0 saturated heterocycles. The van der Waals surface area contributed by atoms with Crippen LogP contribution >= 0.6 is 39.1 Å². The number of halogens is 3. The smallest absolute Gasteiger partial charge is 0.306 e. The Labute approximate surface area is 233 Å². The van der Waals surface area contributed by atoms with Crippen LogP contribution in [0.15, 0.2) is 59.1 Å². The molecule has 0 aliphatic rings. The molecule has 2 amide bonds. The molecular weight excluding hydrogens is 583 g/mol. The number of rotatable bonds is 10. The number of hydrogen-bond donors (Lipinski definition) is 2. The summed E-state index contributed by atoms with van der Waals surface area (Å²) < 4.78 is 11.7. The maximum Gasteiger partial charge on any atom is 0.306 e. The van der Waals surface area contributed by atoms with E-state index in [9.17, 15) is 14.4 Å². The highest BCUT2D eigenvalue weighted by molar-refractivity contribution is 9.10. The van der Waals surface area contributed by atoms with Crippen LogP contribution in [0.5, 0.6) is 11.5 Å². The second-order valence-electron chi connectivity index (χ2n) is 8.23. The Kier molecular flexibility index (Phi) is 10.4. The first-order chi connectivity index (χ1) is 17.6. The van der Waals surface area contributed by atoms with Crippen molar-refractivity contribution in [1.82, 2.24) is 0 Å². The first kappa shape index (κ1) is 28.5. The summed E-state index contributed by atoms with van der Waals surface area (Å²) in [5, 5.41) is 6.39. The van der Waals surface area contributed by atoms with Gasteiger partial charge >= 0.3 is 5.97 Å². The fourth-order valence-corrected chi connectivity index (χ4v) is 4.13. The minimum absolute atomic E-state index is 0.0196. The van der Waals surface area contributed by atoms with Gasteiger partial charge in [-0.1, -0.05) is 39.1 Å². The van der Waals surface area contributed by atoms with Gasteiger partial charge in [-0.05, 0) is 86.0 Å². The summed E-state index contributed by atoms with van der Waals surface area (Å²) in [4.78, 5) is 36.3. The first-order valence-corrected chi connectivity index (χ1v) is 12.9. The van der Waals surface area contributed by atoms with E-state index >= 15 is 0 Å². The average molecular weight is 608 g/mol. The van der Waals surface area contributed by atoms with Crippen LogP contribution in [-0.2, 0) is 19.1 Å². The average Bonchev–Trinajstić information content (AvgIpc) is 2.84. The number of aryl methyl sites for hydroxylation is 2. The van der Waals surface area contributed by atoms with E-state index in [1.165, 1.54) is 0 Å². The molecule has 7 nitrogen and oxygen atoms in total. The Balaban J connectivity index is 1.36. The second-order valence-corrected chi connectivity index (χ2v) is 9.93. The Morgan fingerprint density at radius 3 is 2.30 bits per heavy atom. The number of ether oxygens (including phenoxy) is 2. The molecular formula is C27H25BrCl2N2O5. The zero-order valence-electron chi connectivity index (χ0n) is 20.2. The van der Waals surface area contributed by atoms with Crippen molar-refractivity contribution in [2.24, 2.45) is 0 Å². The van der Waals surface area contributed by atoms with Gasteiger partial charge in [0, 0.05) is 33.7 Å². The largest absolute Gasteiger partial charge is 0.456 e. The van der Waals surface area contributed by atoms with Crippen LogP contribution in [-0.4, -0.2) is 24.4 Å². The molecule has 3 rings (SSSR count). The molecule has 0 bridgehead atoms. The van der Waals surface area contributed by atoms with Crippen molar-refractivity contribution in [3.8, 4) is 11.5 Å². The van der Waals surface area contributed by atoms with Crippen LogP contribution in [0.4, 0.5) is 11.4 Å². The predicted molar refractivity (Wildman–Crippen MR) is 149 cm³/mol. The van der Waals surface area contributed by atoms with Crippen molar-refractivity contribution >= 4 is 68.3 Å². The van der Waals surface area contributed by atoms with Crippen molar-refractivity contribution in [3.05, 3.63) is 80.2 Å². The second kappa shape index (κ2) is 13.5. The lowest BCUT2D eigenvalue weighted by Crippen LogP contribution is -2.21. The number of amides is 2. The van der Waals surface area contributed by atoms with Crippen LogP contribution in [0.25, 0.3) is 0 Å². The van der Waals surface area contributed by atoms with Gasteiger partial charge in [0.15, 0.2) is 6.61 Å².